The summed E-state index contributed by atoms with van der Waals surface area (Å²) in [6.07, 6.45) is 7.27. The van der Waals surface area contributed by atoms with E-state index in [1.807, 2.05) is 31.2 Å². The van der Waals surface area contributed by atoms with E-state index in [9.17, 15) is 13.7 Å². The molecule has 0 amide bonds. The average Bonchev–Trinajstić information content (AvgIpc) is 3.12. The predicted molar refractivity (Wildman–Crippen MR) is 134 cm³/mol. The molecule has 1 saturated carbocycles. The Kier molecular flexibility index (Phi) is 5.80. The van der Waals surface area contributed by atoms with Gasteiger partial charge in [-0.05, 0) is 55.5 Å². The van der Waals surface area contributed by atoms with E-state index in [1.54, 1.807) is 30.6 Å². The minimum absolute atomic E-state index is 0.0801. The Morgan fingerprint density at radius 1 is 1.09 bits per heavy atom. The molecule has 1 N–H and O–H groups in total. The second-order valence-electron chi connectivity index (χ2n) is 8.59. The fourth-order valence-corrected chi connectivity index (χ4v) is 5.65. The highest BCUT2D eigenvalue weighted by atomic mass is 32.2. The predicted octanol–water partition coefficient (Wildman–Crippen LogP) is 5.51. The number of anilines is 1. The molecule has 0 unspecified atom stereocenters. The molecule has 0 spiro atoms. The van der Waals surface area contributed by atoms with Crippen molar-refractivity contribution in [2.75, 3.05) is 10.5 Å². The van der Waals surface area contributed by atoms with E-state index >= 15 is 0 Å². The number of fused-ring (bicyclic) bond motifs is 1. The van der Waals surface area contributed by atoms with Gasteiger partial charge in [0, 0.05) is 35.1 Å². The third-order valence-corrected chi connectivity index (χ3v) is 7.78. The van der Waals surface area contributed by atoms with E-state index in [0.29, 0.717) is 29.5 Å². The minimum atomic E-state index is -3.36. The summed E-state index contributed by atoms with van der Waals surface area (Å²) in [5.41, 5.74) is 4.80. The number of nitriles is 1. The molecule has 8 heteroatoms. The SMILES string of the molecule is CCCS(=O)(=O)Nc1ccc(-c2c(C#N)c3ccc(-c4ncccn4)cc3n2C2CCC2)cc1. The summed E-state index contributed by atoms with van der Waals surface area (Å²) in [6.45, 7) is 1.83. The standard InChI is InChI=1S/C26H25N5O2S/c1-2-15-34(32,33)30-20-10-7-18(8-11-20)25-23(17-27)22-12-9-19(26-28-13-4-14-29-26)16-24(22)31(25)21-5-3-6-21/h4,7-14,16,21,30H,2-3,5-6,15H2,1H3. The first-order chi connectivity index (χ1) is 16.5. The summed E-state index contributed by atoms with van der Waals surface area (Å²) in [6, 6.07) is 17.8. The molecule has 172 valence electrons. The van der Waals surface area contributed by atoms with E-state index in [0.717, 1.165) is 47.0 Å². The van der Waals surface area contributed by atoms with Crippen molar-refractivity contribution in [1.29, 1.82) is 5.26 Å². The molecular formula is C26H25N5O2S. The lowest BCUT2D eigenvalue weighted by Crippen LogP contribution is -2.18. The van der Waals surface area contributed by atoms with Crippen LogP contribution < -0.4 is 4.72 Å². The second-order valence-corrected chi connectivity index (χ2v) is 10.4. The van der Waals surface area contributed by atoms with Crippen molar-refractivity contribution >= 4 is 26.6 Å². The third kappa shape index (κ3) is 4.03. The van der Waals surface area contributed by atoms with Crippen molar-refractivity contribution in [3.05, 3.63) is 66.5 Å². The minimum Gasteiger partial charge on any atom is -0.336 e. The molecular weight excluding hydrogens is 446 g/mol. The maximum Gasteiger partial charge on any atom is 0.232 e. The van der Waals surface area contributed by atoms with Crippen LogP contribution in [0.1, 0.15) is 44.2 Å². The molecule has 2 aromatic heterocycles. The summed E-state index contributed by atoms with van der Waals surface area (Å²) >= 11 is 0. The van der Waals surface area contributed by atoms with Gasteiger partial charge in [-0.15, -0.1) is 0 Å². The van der Waals surface area contributed by atoms with E-state index in [1.165, 1.54) is 0 Å². The lowest BCUT2D eigenvalue weighted by molar-refractivity contribution is 0.324. The maximum absolute atomic E-state index is 12.1. The van der Waals surface area contributed by atoms with Gasteiger partial charge in [0.1, 0.15) is 6.07 Å². The number of benzene rings is 2. The van der Waals surface area contributed by atoms with Crippen LogP contribution in [0.25, 0.3) is 33.5 Å². The Labute approximate surface area is 199 Å². The van der Waals surface area contributed by atoms with Crippen molar-refractivity contribution in [2.45, 2.75) is 38.6 Å². The van der Waals surface area contributed by atoms with Crippen LogP contribution in [0.3, 0.4) is 0 Å². The van der Waals surface area contributed by atoms with Crippen LogP contribution in [0.15, 0.2) is 60.9 Å². The highest BCUT2D eigenvalue weighted by Gasteiger charge is 2.28. The van der Waals surface area contributed by atoms with Crippen molar-refractivity contribution in [3.8, 4) is 28.7 Å². The maximum atomic E-state index is 12.1. The number of nitrogens with one attached hydrogen (secondary N) is 1. The fraction of sp³-hybridized carbons (Fsp3) is 0.269. The highest BCUT2D eigenvalue weighted by molar-refractivity contribution is 7.92. The number of hydrogen-bond donors (Lipinski definition) is 1. The number of aromatic nitrogens is 3. The van der Waals surface area contributed by atoms with E-state index in [4.69, 9.17) is 0 Å². The summed E-state index contributed by atoms with van der Waals surface area (Å²) in [5.74, 6) is 0.728. The van der Waals surface area contributed by atoms with Crippen LogP contribution in [0.2, 0.25) is 0 Å². The van der Waals surface area contributed by atoms with Gasteiger partial charge in [-0.25, -0.2) is 18.4 Å². The van der Waals surface area contributed by atoms with Crippen LogP contribution in [-0.4, -0.2) is 28.7 Å². The van der Waals surface area contributed by atoms with Gasteiger partial charge in [-0.3, -0.25) is 4.72 Å². The van der Waals surface area contributed by atoms with Gasteiger partial charge < -0.3 is 4.57 Å². The number of nitrogens with zero attached hydrogens (tertiary/aromatic N) is 4. The van der Waals surface area contributed by atoms with Gasteiger partial charge in [0.15, 0.2) is 5.82 Å². The molecule has 0 bridgehead atoms. The topological polar surface area (TPSA) is 101 Å². The van der Waals surface area contributed by atoms with Gasteiger partial charge in [0.2, 0.25) is 10.0 Å². The van der Waals surface area contributed by atoms with Crippen molar-refractivity contribution in [3.63, 3.8) is 0 Å². The zero-order valence-corrected chi connectivity index (χ0v) is 19.7. The molecule has 0 radical (unpaired) electrons. The lowest BCUT2D eigenvalue weighted by atomic mass is 9.92. The summed E-state index contributed by atoms with van der Waals surface area (Å²) in [4.78, 5) is 8.77. The Bertz CT molecular complexity index is 1480. The quantitative estimate of drug-likeness (QED) is 0.383. The summed E-state index contributed by atoms with van der Waals surface area (Å²) < 4.78 is 29.2. The summed E-state index contributed by atoms with van der Waals surface area (Å²) in [5, 5.41) is 11.0. The number of sulfonamides is 1. The van der Waals surface area contributed by atoms with Gasteiger partial charge in [0.25, 0.3) is 0 Å². The van der Waals surface area contributed by atoms with E-state index in [-0.39, 0.29) is 5.75 Å². The fourth-order valence-electron chi connectivity index (χ4n) is 4.51. The molecule has 2 aromatic carbocycles. The average molecular weight is 472 g/mol. The second kappa shape index (κ2) is 8.92. The van der Waals surface area contributed by atoms with Crippen LogP contribution >= 0.6 is 0 Å². The van der Waals surface area contributed by atoms with Crippen LogP contribution in [-0.2, 0) is 10.0 Å². The highest BCUT2D eigenvalue weighted by Crippen LogP contribution is 2.43. The van der Waals surface area contributed by atoms with E-state index in [2.05, 4.69) is 31.4 Å². The number of rotatable bonds is 7. The first-order valence-electron chi connectivity index (χ1n) is 11.5. The Morgan fingerprint density at radius 2 is 1.79 bits per heavy atom. The van der Waals surface area contributed by atoms with Crippen molar-refractivity contribution in [2.24, 2.45) is 0 Å². The molecule has 5 rings (SSSR count). The molecule has 1 aliphatic rings. The van der Waals surface area contributed by atoms with Gasteiger partial charge >= 0.3 is 0 Å². The Hall–Kier alpha value is -3.70. The molecule has 34 heavy (non-hydrogen) atoms. The Morgan fingerprint density at radius 3 is 2.41 bits per heavy atom. The molecule has 1 fully saturated rings. The first-order valence-corrected chi connectivity index (χ1v) is 13.1. The van der Waals surface area contributed by atoms with Gasteiger partial charge in [-0.2, -0.15) is 5.26 Å². The van der Waals surface area contributed by atoms with E-state index < -0.39 is 10.0 Å². The van der Waals surface area contributed by atoms with Crippen LogP contribution in [0, 0.1) is 11.3 Å². The Balaban J connectivity index is 1.64. The largest absolute Gasteiger partial charge is 0.336 e. The molecule has 4 aromatic rings. The molecule has 7 nitrogen and oxygen atoms in total. The summed E-state index contributed by atoms with van der Waals surface area (Å²) in [7, 11) is -3.36. The van der Waals surface area contributed by atoms with Gasteiger partial charge in [-0.1, -0.05) is 31.2 Å². The first kappa shape index (κ1) is 22.1. The normalized spacial score (nSPS) is 14.0. The molecule has 0 saturated heterocycles. The molecule has 1 aliphatic carbocycles. The van der Waals surface area contributed by atoms with Crippen molar-refractivity contribution in [1.82, 2.24) is 14.5 Å². The van der Waals surface area contributed by atoms with Gasteiger partial charge in [0.05, 0.1) is 22.5 Å². The van der Waals surface area contributed by atoms with Crippen LogP contribution in [0.4, 0.5) is 5.69 Å². The molecule has 0 aliphatic heterocycles. The zero-order valence-electron chi connectivity index (χ0n) is 18.9. The van der Waals surface area contributed by atoms with Crippen molar-refractivity contribution < 1.29 is 8.42 Å². The number of hydrogen-bond acceptors (Lipinski definition) is 5. The lowest BCUT2D eigenvalue weighted by Gasteiger charge is -2.30. The zero-order chi connectivity index (χ0) is 23.7. The molecule has 0 atom stereocenters. The smallest absolute Gasteiger partial charge is 0.232 e. The monoisotopic (exact) mass is 471 g/mol. The molecule has 2 heterocycles. The third-order valence-electron chi connectivity index (χ3n) is 6.28. The van der Waals surface area contributed by atoms with Crippen LogP contribution in [0.5, 0.6) is 0 Å².